The molecule has 0 amide bonds. The SMILES string of the molecule is CCCCN(Cc1ccc2c(c1)OCO2)Cc1cnc(-c2ccccc2)n1CCCC. The summed E-state index contributed by atoms with van der Waals surface area (Å²) in [6, 6.07) is 16.8. The normalized spacial score (nSPS) is 12.6. The Morgan fingerprint density at radius 1 is 0.935 bits per heavy atom. The molecule has 0 N–H and O–H groups in total. The number of hydrogen-bond donors (Lipinski definition) is 0. The van der Waals surface area contributed by atoms with Gasteiger partial charge in [0, 0.05) is 25.2 Å². The Labute approximate surface area is 185 Å². The van der Waals surface area contributed by atoms with Gasteiger partial charge < -0.3 is 14.0 Å². The van der Waals surface area contributed by atoms with Gasteiger partial charge in [0.2, 0.25) is 6.79 Å². The number of unbranched alkanes of at least 4 members (excludes halogenated alkanes) is 2. The predicted octanol–water partition coefficient (Wildman–Crippen LogP) is 5.88. The van der Waals surface area contributed by atoms with E-state index in [9.17, 15) is 0 Å². The first-order valence-electron chi connectivity index (χ1n) is 11.5. The van der Waals surface area contributed by atoms with Gasteiger partial charge in [0.05, 0.1) is 11.9 Å². The third-order valence-corrected chi connectivity index (χ3v) is 5.76. The molecule has 0 unspecified atom stereocenters. The van der Waals surface area contributed by atoms with Crippen molar-refractivity contribution in [2.75, 3.05) is 13.3 Å². The maximum absolute atomic E-state index is 5.58. The predicted molar refractivity (Wildman–Crippen MR) is 124 cm³/mol. The van der Waals surface area contributed by atoms with Crippen LogP contribution in [-0.2, 0) is 19.6 Å². The van der Waals surface area contributed by atoms with E-state index in [1.54, 1.807) is 0 Å². The number of ether oxygens (including phenoxy) is 2. The summed E-state index contributed by atoms with van der Waals surface area (Å²) in [5, 5.41) is 0. The molecule has 1 aliphatic rings. The van der Waals surface area contributed by atoms with Crippen LogP contribution in [0.5, 0.6) is 11.5 Å². The second-order valence-corrected chi connectivity index (χ2v) is 8.20. The average molecular weight is 420 g/mol. The molecule has 5 heteroatoms. The first kappa shape index (κ1) is 21.4. The van der Waals surface area contributed by atoms with E-state index >= 15 is 0 Å². The molecule has 0 aliphatic carbocycles. The van der Waals surface area contributed by atoms with Crippen LogP contribution >= 0.6 is 0 Å². The molecule has 164 valence electrons. The Kier molecular flexibility index (Phi) is 7.26. The van der Waals surface area contributed by atoms with Gasteiger partial charge in [0.1, 0.15) is 5.82 Å². The van der Waals surface area contributed by atoms with Crippen molar-refractivity contribution in [3.05, 3.63) is 66.0 Å². The van der Waals surface area contributed by atoms with E-state index in [2.05, 4.69) is 72.0 Å². The zero-order valence-electron chi connectivity index (χ0n) is 18.7. The van der Waals surface area contributed by atoms with Crippen LogP contribution < -0.4 is 9.47 Å². The fourth-order valence-electron chi connectivity index (χ4n) is 4.04. The lowest BCUT2D eigenvalue weighted by Crippen LogP contribution is -2.25. The highest BCUT2D eigenvalue weighted by molar-refractivity contribution is 5.55. The van der Waals surface area contributed by atoms with Crippen molar-refractivity contribution in [1.29, 1.82) is 0 Å². The maximum atomic E-state index is 5.58. The van der Waals surface area contributed by atoms with Gasteiger partial charge in [-0.25, -0.2) is 4.98 Å². The van der Waals surface area contributed by atoms with Gasteiger partial charge in [0.15, 0.2) is 11.5 Å². The van der Waals surface area contributed by atoms with Crippen LogP contribution in [0.2, 0.25) is 0 Å². The first-order valence-corrected chi connectivity index (χ1v) is 11.5. The number of aromatic nitrogens is 2. The van der Waals surface area contributed by atoms with Crippen molar-refractivity contribution in [1.82, 2.24) is 14.5 Å². The lowest BCUT2D eigenvalue weighted by atomic mass is 10.1. The highest BCUT2D eigenvalue weighted by Crippen LogP contribution is 2.33. The Morgan fingerprint density at radius 2 is 1.74 bits per heavy atom. The molecule has 0 spiro atoms. The minimum Gasteiger partial charge on any atom is -0.454 e. The molecule has 0 bridgehead atoms. The van der Waals surface area contributed by atoms with Crippen LogP contribution in [0.4, 0.5) is 0 Å². The summed E-state index contributed by atoms with van der Waals surface area (Å²) in [6.45, 7) is 8.64. The maximum Gasteiger partial charge on any atom is 0.231 e. The number of benzene rings is 2. The quantitative estimate of drug-likeness (QED) is 0.389. The third kappa shape index (κ3) is 5.28. The minimum atomic E-state index is 0.317. The molecule has 5 nitrogen and oxygen atoms in total. The second kappa shape index (κ2) is 10.5. The van der Waals surface area contributed by atoms with Crippen molar-refractivity contribution < 1.29 is 9.47 Å². The molecule has 0 fully saturated rings. The Bertz CT molecular complexity index is 968. The fraction of sp³-hybridized carbons (Fsp3) is 0.423. The van der Waals surface area contributed by atoms with Crippen LogP contribution in [0.15, 0.2) is 54.7 Å². The van der Waals surface area contributed by atoms with Gasteiger partial charge >= 0.3 is 0 Å². The van der Waals surface area contributed by atoms with E-state index in [0.29, 0.717) is 6.79 Å². The minimum absolute atomic E-state index is 0.317. The molecule has 2 aromatic carbocycles. The van der Waals surface area contributed by atoms with Crippen LogP contribution in [0.3, 0.4) is 0 Å². The number of hydrogen-bond acceptors (Lipinski definition) is 4. The summed E-state index contributed by atoms with van der Waals surface area (Å²) in [4.78, 5) is 7.35. The molecule has 0 radical (unpaired) electrons. The monoisotopic (exact) mass is 419 g/mol. The van der Waals surface area contributed by atoms with Gasteiger partial charge in [-0.3, -0.25) is 4.90 Å². The van der Waals surface area contributed by atoms with Crippen LogP contribution in [0.25, 0.3) is 11.4 Å². The summed E-state index contributed by atoms with van der Waals surface area (Å²) in [7, 11) is 0. The van der Waals surface area contributed by atoms with E-state index in [1.807, 2.05) is 6.07 Å². The van der Waals surface area contributed by atoms with E-state index < -0.39 is 0 Å². The standard InChI is InChI=1S/C26H33N3O2/c1-3-5-14-28(18-21-12-13-24-25(16-21)31-20-30-24)19-23-17-27-26(29(23)15-6-4-2)22-10-8-7-9-11-22/h7-13,16-17H,3-6,14-15,18-20H2,1-2H3. The van der Waals surface area contributed by atoms with E-state index in [4.69, 9.17) is 14.5 Å². The van der Waals surface area contributed by atoms with Gasteiger partial charge in [-0.1, -0.05) is 63.1 Å². The highest BCUT2D eigenvalue weighted by Gasteiger charge is 2.17. The molecule has 4 rings (SSSR count). The molecular weight excluding hydrogens is 386 g/mol. The summed E-state index contributed by atoms with van der Waals surface area (Å²) in [5.41, 5.74) is 3.72. The van der Waals surface area contributed by atoms with Crippen molar-refractivity contribution in [2.45, 2.75) is 59.2 Å². The van der Waals surface area contributed by atoms with Gasteiger partial charge in [-0.05, 0) is 37.1 Å². The molecule has 0 saturated heterocycles. The number of rotatable bonds is 11. The van der Waals surface area contributed by atoms with Crippen molar-refractivity contribution in [3.63, 3.8) is 0 Å². The largest absolute Gasteiger partial charge is 0.454 e. The number of nitrogens with zero attached hydrogens (tertiary/aromatic N) is 3. The summed E-state index contributed by atoms with van der Waals surface area (Å²) in [6.07, 6.45) is 6.75. The van der Waals surface area contributed by atoms with Crippen LogP contribution in [-0.4, -0.2) is 27.8 Å². The molecule has 1 aliphatic heterocycles. The van der Waals surface area contributed by atoms with Gasteiger partial charge in [-0.2, -0.15) is 0 Å². The Hall–Kier alpha value is -2.79. The molecule has 0 saturated carbocycles. The zero-order valence-corrected chi connectivity index (χ0v) is 18.7. The summed E-state index contributed by atoms with van der Waals surface area (Å²) in [5.74, 6) is 2.77. The van der Waals surface area contributed by atoms with E-state index in [-0.39, 0.29) is 0 Å². The summed E-state index contributed by atoms with van der Waals surface area (Å²) >= 11 is 0. The van der Waals surface area contributed by atoms with Crippen molar-refractivity contribution in [3.8, 4) is 22.9 Å². The first-order chi connectivity index (χ1) is 15.3. The number of imidazole rings is 1. The molecule has 31 heavy (non-hydrogen) atoms. The Balaban J connectivity index is 1.56. The van der Waals surface area contributed by atoms with E-state index in [1.165, 1.54) is 36.1 Å². The lowest BCUT2D eigenvalue weighted by Gasteiger charge is -2.23. The molecule has 2 heterocycles. The smallest absolute Gasteiger partial charge is 0.231 e. The molecular formula is C26H33N3O2. The highest BCUT2D eigenvalue weighted by atomic mass is 16.7. The van der Waals surface area contributed by atoms with Gasteiger partial charge in [-0.15, -0.1) is 0 Å². The molecule has 1 aromatic heterocycles. The van der Waals surface area contributed by atoms with Crippen LogP contribution in [0.1, 0.15) is 50.8 Å². The summed E-state index contributed by atoms with van der Waals surface area (Å²) < 4.78 is 13.5. The zero-order chi connectivity index (χ0) is 21.5. The molecule has 0 atom stereocenters. The fourth-order valence-corrected chi connectivity index (χ4v) is 4.04. The third-order valence-electron chi connectivity index (χ3n) is 5.76. The lowest BCUT2D eigenvalue weighted by molar-refractivity contribution is 0.174. The second-order valence-electron chi connectivity index (χ2n) is 8.20. The Morgan fingerprint density at radius 3 is 2.55 bits per heavy atom. The van der Waals surface area contributed by atoms with E-state index in [0.717, 1.165) is 49.9 Å². The number of fused-ring (bicyclic) bond motifs is 1. The van der Waals surface area contributed by atoms with Crippen molar-refractivity contribution >= 4 is 0 Å². The molecule has 3 aromatic rings. The van der Waals surface area contributed by atoms with Gasteiger partial charge in [0.25, 0.3) is 0 Å². The van der Waals surface area contributed by atoms with Crippen molar-refractivity contribution in [2.24, 2.45) is 0 Å². The van der Waals surface area contributed by atoms with Crippen LogP contribution in [0, 0.1) is 0 Å². The topological polar surface area (TPSA) is 39.5 Å². The average Bonchev–Trinajstić information content (AvgIpc) is 3.43.